The van der Waals surface area contributed by atoms with Crippen molar-refractivity contribution in [3.63, 3.8) is 0 Å². The summed E-state index contributed by atoms with van der Waals surface area (Å²) in [6.07, 6.45) is 2.41. The first-order valence-electron chi connectivity index (χ1n) is 7.04. The van der Waals surface area contributed by atoms with Crippen LogP contribution in [-0.2, 0) is 11.8 Å². The maximum Gasteiger partial charge on any atom is 0.341 e. The maximum absolute atomic E-state index is 12.1. The molecule has 1 aliphatic rings. The zero-order valence-electron chi connectivity index (χ0n) is 12.2. The van der Waals surface area contributed by atoms with Crippen molar-refractivity contribution in [2.45, 2.75) is 19.3 Å². The predicted molar refractivity (Wildman–Crippen MR) is 77.5 cm³/mol. The second-order valence-electron chi connectivity index (χ2n) is 5.24. The first-order valence-corrected chi connectivity index (χ1v) is 7.04. The van der Waals surface area contributed by atoms with Gasteiger partial charge in [0.1, 0.15) is 11.3 Å². The molecule has 0 saturated heterocycles. The number of rotatable bonds is 3. The molecule has 1 aromatic heterocycles. The fourth-order valence-electron chi connectivity index (χ4n) is 2.54. The van der Waals surface area contributed by atoms with Crippen LogP contribution in [0.4, 0.5) is 0 Å². The molecule has 0 spiro atoms. The number of aromatic nitrogens is 2. The lowest BCUT2D eigenvalue weighted by Crippen LogP contribution is -2.20. The van der Waals surface area contributed by atoms with E-state index in [-0.39, 0.29) is 11.9 Å². The number of fused-ring (bicyclic) bond motifs is 1. The minimum absolute atomic E-state index is 0.191. The molecule has 0 unspecified atom stereocenters. The Balaban J connectivity index is 1.69. The number of aryl methyl sites for hydroxylation is 1. The zero-order valence-corrected chi connectivity index (χ0v) is 12.2. The van der Waals surface area contributed by atoms with E-state index in [0.717, 1.165) is 23.4 Å². The first-order chi connectivity index (χ1) is 10.2. The van der Waals surface area contributed by atoms with Gasteiger partial charge in [-0.3, -0.25) is 4.68 Å². The van der Waals surface area contributed by atoms with Gasteiger partial charge in [-0.25, -0.2) is 4.79 Å². The Hall–Kier alpha value is -2.30. The van der Waals surface area contributed by atoms with Crippen LogP contribution < -0.4 is 4.74 Å². The summed E-state index contributed by atoms with van der Waals surface area (Å²) in [7, 11) is 1.81. The van der Waals surface area contributed by atoms with E-state index in [2.05, 4.69) is 5.10 Å². The van der Waals surface area contributed by atoms with E-state index in [1.165, 1.54) is 0 Å². The number of nitrogens with zero attached hydrogens (tertiary/aromatic N) is 2. The van der Waals surface area contributed by atoms with Crippen LogP contribution in [0.15, 0.2) is 30.5 Å². The summed E-state index contributed by atoms with van der Waals surface area (Å²) in [5.41, 5.74) is 2.45. The molecule has 0 saturated carbocycles. The maximum atomic E-state index is 12.1. The van der Waals surface area contributed by atoms with E-state index in [0.29, 0.717) is 18.8 Å². The molecule has 0 aliphatic carbocycles. The molecule has 2 heterocycles. The molecular formula is C16H18N2O3. The van der Waals surface area contributed by atoms with Gasteiger partial charge in [-0.1, -0.05) is 18.2 Å². The Morgan fingerprint density at radius 3 is 3.05 bits per heavy atom. The molecule has 0 radical (unpaired) electrons. The quantitative estimate of drug-likeness (QED) is 0.813. The second-order valence-corrected chi connectivity index (χ2v) is 5.24. The standard InChI is InChI=1S/C16H18N2O3/c1-11-14(9-17-18(11)2)16(19)21-10-12-7-8-20-15-6-4-3-5-13(12)15/h3-6,9,12H,7-8,10H2,1-2H3/t12-/m1/s1. The van der Waals surface area contributed by atoms with E-state index in [9.17, 15) is 4.79 Å². The average Bonchev–Trinajstić information content (AvgIpc) is 2.84. The van der Waals surface area contributed by atoms with E-state index in [1.54, 1.807) is 17.9 Å². The number of hydrogen-bond donors (Lipinski definition) is 0. The molecule has 2 aromatic rings. The molecular weight excluding hydrogens is 268 g/mol. The van der Waals surface area contributed by atoms with Crippen molar-refractivity contribution < 1.29 is 14.3 Å². The highest BCUT2D eigenvalue weighted by atomic mass is 16.5. The van der Waals surface area contributed by atoms with Crippen molar-refractivity contribution >= 4 is 5.97 Å². The largest absolute Gasteiger partial charge is 0.493 e. The summed E-state index contributed by atoms with van der Waals surface area (Å²) < 4.78 is 12.8. The van der Waals surface area contributed by atoms with Gasteiger partial charge in [-0.05, 0) is 19.4 Å². The third-order valence-corrected chi connectivity index (χ3v) is 3.95. The third-order valence-electron chi connectivity index (χ3n) is 3.95. The van der Waals surface area contributed by atoms with E-state index >= 15 is 0 Å². The Kier molecular flexibility index (Phi) is 3.64. The number of hydrogen-bond acceptors (Lipinski definition) is 4. The summed E-state index contributed by atoms with van der Waals surface area (Å²) in [4.78, 5) is 12.1. The lowest BCUT2D eigenvalue weighted by Gasteiger charge is -2.25. The zero-order chi connectivity index (χ0) is 14.8. The van der Waals surface area contributed by atoms with Crippen molar-refractivity contribution in [3.8, 4) is 5.75 Å². The normalized spacial score (nSPS) is 17.0. The molecule has 1 aliphatic heterocycles. The van der Waals surface area contributed by atoms with E-state index in [1.807, 2.05) is 31.2 Å². The number of benzene rings is 1. The van der Waals surface area contributed by atoms with Gasteiger partial charge in [-0.15, -0.1) is 0 Å². The number of esters is 1. The Morgan fingerprint density at radius 1 is 1.48 bits per heavy atom. The van der Waals surface area contributed by atoms with Crippen molar-refractivity contribution in [1.82, 2.24) is 9.78 Å². The van der Waals surface area contributed by atoms with Gasteiger partial charge < -0.3 is 9.47 Å². The van der Waals surface area contributed by atoms with Crippen LogP contribution in [0.1, 0.15) is 34.0 Å². The second kappa shape index (κ2) is 5.60. The van der Waals surface area contributed by atoms with Crippen molar-refractivity contribution in [3.05, 3.63) is 47.3 Å². The van der Waals surface area contributed by atoms with Gasteiger partial charge in [0.15, 0.2) is 0 Å². The molecule has 1 aromatic carbocycles. The Morgan fingerprint density at radius 2 is 2.29 bits per heavy atom. The Bertz CT molecular complexity index is 663. The van der Waals surface area contributed by atoms with Crippen LogP contribution in [0.3, 0.4) is 0 Å². The van der Waals surface area contributed by atoms with Crippen molar-refractivity contribution in [1.29, 1.82) is 0 Å². The highest BCUT2D eigenvalue weighted by molar-refractivity contribution is 5.90. The van der Waals surface area contributed by atoms with Crippen molar-refractivity contribution in [2.75, 3.05) is 13.2 Å². The minimum atomic E-state index is -0.315. The number of para-hydroxylation sites is 1. The summed E-state index contributed by atoms with van der Waals surface area (Å²) in [6.45, 7) is 2.88. The van der Waals surface area contributed by atoms with Crippen LogP contribution in [0.5, 0.6) is 5.75 Å². The molecule has 0 fully saturated rings. The van der Waals surface area contributed by atoms with Crippen molar-refractivity contribution in [2.24, 2.45) is 7.05 Å². The first kappa shape index (κ1) is 13.7. The molecule has 5 heteroatoms. The smallest absolute Gasteiger partial charge is 0.341 e. The number of carbonyl (C=O) groups is 1. The van der Waals surface area contributed by atoms with Gasteiger partial charge in [0, 0.05) is 24.2 Å². The van der Waals surface area contributed by atoms with Crippen LogP contribution in [0.2, 0.25) is 0 Å². The van der Waals surface area contributed by atoms with Gasteiger partial charge >= 0.3 is 5.97 Å². The summed E-state index contributed by atoms with van der Waals surface area (Å²) in [5.74, 6) is 0.766. The molecule has 0 bridgehead atoms. The summed E-state index contributed by atoms with van der Waals surface area (Å²) in [6, 6.07) is 7.91. The van der Waals surface area contributed by atoms with Gasteiger partial charge in [0.2, 0.25) is 0 Å². The van der Waals surface area contributed by atoms with Crippen LogP contribution in [0.25, 0.3) is 0 Å². The minimum Gasteiger partial charge on any atom is -0.493 e. The topological polar surface area (TPSA) is 53.4 Å². The van der Waals surface area contributed by atoms with E-state index in [4.69, 9.17) is 9.47 Å². The SMILES string of the molecule is Cc1c(C(=O)OC[C@H]2CCOc3ccccc32)cnn1C. The highest BCUT2D eigenvalue weighted by Crippen LogP contribution is 2.33. The van der Waals surface area contributed by atoms with E-state index < -0.39 is 0 Å². The fourth-order valence-corrected chi connectivity index (χ4v) is 2.54. The predicted octanol–water partition coefficient (Wildman–Crippen LogP) is 2.45. The summed E-state index contributed by atoms with van der Waals surface area (Å²) in [5, 5.41) is 4.06. The molecule has 3 rings (SSSR count). The Labute approximate surface area is 123 Å². The molecule has 5 nitrogen and oxygen atoms in total. The average molecular weight is 286 g/mol. The van der Waals surface area contributed by atoms with Crippen LogP contribution in [-0.4, -0.2) is 29.0 Å². The third kappa shape index (κ3) is 2.63. The van der Waals surface area contributed by atoms with Crippen LogP contribution >= 0.6 is 0 Å². The summed E-state index contributed by atoms with van der Waals surface area (Å²) >= 11 is 0. The van der Waals surface area contributed by atoms with Gasteiger partial charge in [-0.2, -0.15) is 5.10 Å². The molecule has 0 N–H and O–H groups in total. The number of ether oxygens (including phenoxy) is 2. The monoisotopic (exact) mass is 286 g/mol. The van der Waals surface area contributed by atoms with Crippen LogP contribution in [0, 0.1) is 6.92 Å². The molecule has 0 amide bonds. The fraction of sp³-hybridized carbons (Fsp3) is 0.375. The molecule has 1 atom stereocenters. The molecule has 21 heavy (non-hydrogen) atoms. The number of carbonyl (C=O) groups excluding carboxylic acids is 1. The molecule has 110 valence electrons. The lowest BCUT2D eigenvalue weighted by molar-refractivity contribution is 0.0458. The lowest BCUT2D eigenvalue weighted by atomic mass is 9.94. The van der Waals surface area contributed by atoms with Gasteiger partial charge in [0.05, 0.1) is 19.4 Å². The highest BCUT2D eigenvalue weighted by Gasteiger charge is 2.23. The van der Waals surface area contributed by atoms with Gasteiger partial charge in [0.25, 0.3) is 0 Å².